The number of fused-ring (bicyclic) bond motifs is 1. The summed E-state index contributed by atoms with van der Waals surface area (Å²) in [6.45, 7) is 4.26. The lowest BCUT2D eigenvalue weighted by atomic mass is 9.97. The summed E-state index contributed by atoms with van der Waals surface area (Å²) >= 11 is 6.60. The maximum absolute atomic E-state index is 12.1. The number of benzene rings is 4. The molecule has 43 heavy (non-hydrogen) atoms. The molecule has 0 bridgehead atoms. The van der Waals surface area contributed by atoms with Gasteiger partial charge in [0, 0.05) is 41.5 Å². The zero-order chi connectivity index (χ0) is 30.2. The molecule has 220 valence electrons. The Morgan fingerprint density at radius 1 is 0.837 bits per heavy atom. The van der Waals surface area contributed by atoms with Crippen molar-refractivity contribution in [3.05, 3.63) is 142 Å². The molecule has 5 nitrogen and oxygen atoms in total. The summed E-state index contributed by atoms with van der Waals surface area (Å²) in [6.07, 6.45) is 3.31. The second kappa shape index (κ2) is 14.2. The van der Waals surface area contributed by atoms with Crippen LogP contribution in [0.3, 0.4) is 0 Å². The molecule has 6 heteroatoms. The highest BCUT2D eigenvalue weighted by molar-refractivity contribution is 6.31. The molecular formula is C37H37ClN2O3. The molecule has 0 unspecified atom stereocenters. The summed E-state index contributed by atoms with van der Waals surface area (Å²) in [5.74, 6) is -0.338. The summed E-state index contributed by atoms with van der Waals surface area (Å²) in [7, 11) is 0. The van der Waals surface area contributed by atoms with Gasteiger partial charge >= 0.3 is 5.97 Å². The molecule has 5 rings (SSSR count). The second-order valence-electron chi connectivity index (χ2n) is 10.7. The lowest BCUT2D eigenvalue weighted by molar-refractivity contribution is -0.118. The van der Waals surface area contributed by atoms with Gasteiger partial charge < -0.3 is 14.6 Å². The van der Waals surface area contributed by atoms with E-state index in [1.54, 1.807) is 6.92 Å². The third-order valence-corrected chi connectivity index (χ3v) is 8.00. The number of esters is 1. The molecule has 0 aliphatic carbocycles. The van der Waals surface area contributed by atoms with Crippen LogP contribution in [-0.4, -0.2) is 29.6 Å². The summed E-state index contributed by atoms with van der Waals surface area (Å²) in [6, 6.07) is 34.9. The highest BCUT2D eigenvalue weighted by Crippen LogP contribution is 2.38. The monoisotopic (exact) mass is 592 g/mol. The van der Waals surface area contributed by atoms with Crippen molar-refractivity contribution < 1.29 is 14.3 Å². The van der Waals surface area contributed by atoms with Gasteiger partial charge in [0.1, 0.15) is 0 Å². The predicted octanol–water partition coefficient (Wildman–Crippen LogP) is 7.96. The largest absolute Gasteiger partial charge is 0.462 e. The first-order valence-electron chi connectivity index (χ1n) is 14.9. The van der Waals surface area contributed by atoms with Crippen molar-refractivity contribution in [1.29, 1.82) is 0 Å². The van der Waals surface area contributed by atoms with Gasteiger partial charge in [-0.15, -0.1) is 0 Å². The van der Waals surface area contributed by atoms with Crippen LogP contribution in [0.1, 0.15) is 64.6 Å². The van der Waals surface area contributed by atoms with Gasteiger partial charge in [-0.3, -0.25) is 4.79 Å². The van der Waals surface area contributed by atoms with E-state index in [1.807, 2.05) is 49.4 Å². The molecule has 0 saturated carbocycles. The first kappa shape index (κ1) is 30.1. The molecule has 0 atom stereocenters. The van der Waals surface area contributed by atoms with Crippen LogP contribution in [-0.2, 0) is 28.8 Å². The van der Waals surface area contributed by atoms with Crippen molar-refractivity contribution in [2.45, 2.75) is 45.6 Å². The third kappa shape index (κ3) is 7.18. The fourth-order valence-corrected chi connectivity index (χ4v) is 6.03. The molecule has 0 saturated heterocycles. The molecule has 1 aromatic heterocycles. The molecule has 5 aromatic rings. The van der Waals surface area contributed by atoms with Crippen LogP contribution in [0.25, 0.3) is 10.9 Å². The minimum atomic E-state index is -0.297. The van der Waals surface area contributed by atoms with E-state index in [-0.39, 0.29) is 17.9 Å². The maximum Gasteiger partial charge on any atom is 0.338 e. The quantitative estimate of drug-likeness (QED) is 0.149. The summed E-state index contributed by atoms with van der Waals surface area (Å²) in [5.41, 5.74) is 7.68. The normalized spacial score (nSPS) is 11.2. The van der Waals surface area contributed by atoms with Gasteiger partial charge in [0.2, 0.25) is 5.91 Å². The van der Waals surface area contributed by atoms with Gasteiger partial charge in [-0.25, -0.2) is 4.79 Å². The van der Waals surface area contributed by atoms with Crippen molar-refractivity contribution in [2.75, 3.05) is 13.2 Å². The third-order valence-electron chi connectivity index (χ3n) is 7.76. The average Bonchev–Trinajstić information content (AvgIpc) is 3.30. The number of ether oxygens (including phenoxy) is 1. The van der Waals surface area contributed by atoms with Crippen LogP contribution in [0.5, 0.6) is 0 Å². The number of rotatable bonds is 12. The number of amides is 1. The Kier molecular flexibility index (Phi) is 9.96. The maximum atomic E-state index is 12.1. The Labute approximate surface area is 258 Å². The summed E-state index contributed by atoms with van der Waals surface area (Å²) in [5, 5.41) is 4.85. The number of halogens is 1. The molecule has 0 fully saturated rings. The molecule has 1 amide bonds. The summed E-state index contributed by atoms with van der Waals surface area (Å²) < 4.78 is 7.57. The Morgan fingerprint density at radius 3 is 2.09 bits per heavy atom. The standard InChI is InChI=1S/C37H37ClN2O3/c1-3-43-37(42)30-19-17-27(18-20-30)11-10-16-32-33-25-31(38)21-22-34(33)40(35(32)23-24-39-26(2)41)36(28-12-6-4-7-13-28)29-14-8-5-9-15-29/h4-9,12-15,17-22,25,36H,3,10-11,16,23-24H2,1-2H3,(H,39,41). The van der Waals surface area contributed by atoms with Crippen LogP contribution < -0.4 is 5.32 Å². The van der Waals surface area contributed by atoms with Crippen LogP contribution >= 0.6 is 11.6 Å². The fourth-order valence-electron chi connectivity index (χ4n) is 5.86. The molecule has 4 aromatic carbocycles. The van der Waals surface area contributed by atoms with E-state index in [9.17, 15) is 9.59 Å². The number of aryl methyl sites for hydroxylation is 2. The van der Waals surface area contributed by atoms with Crippen molar-refractivity contribution in [3.63, 3.8) is 0 Å². The molecule has 0 aliphatic rings. The van der Waals surface area contributed by atoms with Gasteiger partial charge in [-0.2, -0.15) is 0 Å². The summed E-state index contributed by atoms with van der Waals surface area (Å²) in [4.78, 5) is 23.9. The van der Waals surface area contributed by atoms with Gasteiger partial charge in [0.05, 0.1) is 18.2 Å². The van der Waals surface area contributed by atoms with E-state index in [4.69, 9.17) is 16.3 Å². The van der Waals surface area contributed by atoms with Crippen molar-refractivity contribution in [1.82, 2.24) is 9.88 Å². The first-order chi connectivity index (χ1) is 21.0. The Bertz CT molecular complexity index is 1640. The lowest BCUT2D eigenvalue weighted by Crippen LogP contribution is -2.24. The number of nitrogens with zero attached hydrogens (tertiary/aromatic N) is 1. The van der Waals surface area contributed by atoms with E-state index in [0.29, 0.717) is 30.2 Å². The van der Waals surface area contributed by atoms with Crippen LogP contribution in [0.15, 0.2) is 103 Å². The van der Waals surface area contributed by atoms with Crippen LogP contribution in [0.2, 0.25) is 5.02 Å². The van der Waals surface area contributed by atoms with Gasteiger partial charge in [0.15, 0.2) is 0 Å². The fraction of sp³-hybridized carbons (Fsp3) is 0.243. The Balaban J connectivity index is 1.56. The van der Waals surface area contributed by atoms with Crippen molar-refractivity contribution in [2.24, 2.45) is 0 Å². The van der Waals surface area contributed by atoms with E-state index < -0.39 is 0 Å². The van der Waals surface area contributed by atoms with Crippen molar-refractivity contribution in [3.8, 4) is 0 Å². The van der Waals surface area contributed by atoms with E-state index >= 15 is 0 Å². The van der Waals surface area contributed by atoms with Crippen LogP contribution in [0.4, 0.5) is 0 Å². The molecule has 0 radical (unpaired) electrons. The Hall–Kier alpha value is -4.35. The number of carbonyl (C=O) groups is 2. The van der Waals surface area contributed by atoms with Gasteiger partial charge in [-0.1, -0.05) is 84.4 Å². The van der Waals surface area contributed by atoms with E-state index in [0.717, 1.165) is 30.2 Å². The van der Waals surface area contributed by atoms with Crippen LogP contribution in [0, 0.1) is 0 Å². The molecule has 0 aliphatic heterocycles. The zero-order valence-corrected chi connectivity index (χ0v) is 25.4. The predicted molar refractivity (Wildman–Crippen MR) is 174 cm³/mol. The minimum absolute atomic E-state index is 0.0406. The minimum Gasteiger partial charge on any atom is -0.462 e. The van der Waals surface area contributed by atoms with Gasteiger partial charge in [0.25, 0.3) is 0 Å². The highest BCUT2D eigenvalue weighted by Gasteiger charge is 2.25. The number of hydrogen-bond acceptors (Lipinski definition) is 3. The molecule has 0 spiro atoms. The van der Waals surface area contributed by atoms with E-state index in [1.165, 1.54) is 27.9 Å². The molecule has 1 heterocycles. The van der Waals surface area contributed by atoms with Gasteiger partial charge in [-0.05, 0) is 78.8 Å². The molecule has 1 N–H and O–H groups in total. The average molecular weight is 593 g/mol. The number of carbonyl (C=O) groups excluding carboxylic acids is 2. The topological polar surface area (TPSA) is 60.3 Å². The molecular weight excluding hydrogens is 556 g/mol. The second-order valence-corrected chi connectivity index (χ2v) is 11.1. The van der Waals surface area contributed by atoms with Crippen molar-refractivity contribution >= 4 is 34.4 Å². The highest BCUT2D eigenvalue weighted by atomic mass is 35.5. The SMILES string of the molecule is CCOC(=O)c1ccc(CCCc2c(CCNC(C)=O)n(C(c3ccccc3)c3ccccc3)c3ccc(Cl)cc23)cc1. The van der Waals surface area contributed by atoms with E-state index in [2.05, 4.69) is 70.5 Å². The number of hydrogen-bond donors (Lipinski definition) is 1. The number of nitrogens with one attached hydrogen (secondary N) is 1. The zero-order valence-electron chi connectivity index (χ0n) is 24.7. The Morgan fingerprint density at radius 2 is 1.49 bits per heavy atom. The lowest BCUT2D eigenvalue weighted by Gasteiger charge is -2.25. The number of aromatic nitrogens is 1. The first-order valence-corrected chi connectivity index (χ1v) is 15.3. The smallest absolute Gasteiger partial charge is 0.338 e.